The summed E-state index contributed by atoms with van der Waals surface area (Å²) in [4.78, 5) is 19.6. The van der Waals surface area contributed by atoms with Crippen LogP contribution in [0.25, 0.3) is 11.3 Å². The molecule has 0 saturated carbocycles. The van der Waals surface area contributed by atoms with Gasteiger partial charge in [-0.3, -0.25) is 4.79 Å². The van der Waals surface area contributed by atoms with E-state index in [2.05, 4.69) is 15.0 Å². The van der Waals surface area contributed by atoms with Gasteiger partial charge < -0.3 is 30.5 Å². The highest BCUT2D eigenvalue weighted by Gasteiger charge is 2.29. The zero-order valence-electron chi connectivity index (χ0n) is 20.3. The van der Waals surface area contributed by atoms with Gasteiger partial charge in [-0.1, -0.05) is 0 Å². The average molecular weight is 549 g/mol. The molecular weight excluding hydrogens is 522 g/mol. The first-order valence-electron chi connectivity index (χ1n) is 12.2. The molecule has 0 spiro atoms. The van der Waals surface area contributed by atoms with E-state index < -0.39 is 17.6 Å². The van der Waals surface area contributed by atoms with Gasteiger partial charge in [-0.05, 0) is 62.1 Å². The number of nitrogens with zero attached hydrogens (tertiary/aromatic N) is 4. The fourth-order valence-electron chi connectivity index (χ4n) is 4.58. The fourth-order valence-corrected chi connectivity index (χ4v) is 4.66. The number of amides is 1. The Morgan fingerprint density at radius 3 is 2.68 bits per heavy atom. The van der Waals surface area contributed by atoms with Crippen LogP contribution in [0.5, 0.6) is 5.75 Å². The van der Waals surface area contributed by atoms with E-state index in [0.29, 0.717) is 48.9 Å². The third-order valence-electron chi connectivity index (χ3n) is 6.42. The lowest BCUT2D eigenvalue weighted by molar-refractivity contribution is -0.0964. The van der Waals surface area contributed by atoms with Gasteiger partial charge in [0, 0.05) is 48.7 Å². The molecule has 4 N–H and O–H groups in total. The third kappa shape index (κ3) is 5.98. The molecular formula is C25H27ClF2N6O4. The van der Waals surface area contributed by atoms with Crippen molar-refractivity contribution in [3.05, 3.63) is 48.2 Å². The van der Waals surface area contributed by atoms with Crippen molar-refractivity contribution in [2.75, 3.05) is 35.6 Å². The van der Waals surface area contributed by atoms with E-state index in [9.17, 15) is 18.7 Å². The molecule has 0 bridgehead atoms. The molecule has 1 amide bonds. The number of alkyl halides is 3. The molecule has 5 rings (SSSR count). The Balaban J connectivity index is 1.44. The minimum Gasteiger partial charge on any atom is -0.420 e. The van der Waals surface area contributed by atoms with E-state index in [4.69, 9.17) is 27.2 Å². The number of hydrogen-bond donors (Lipinski definition) is 3. The number of pyridine rings is 1. The summed E-state index contributed by atoms with van der Waals surface area (Å²) in [6.07, 6.45) is 4.68. The van der Waals surface area contributed by atoms with Crippen molar-refractivity contribution in [2.45, 2.75) is 43.6 Å². The maximum atomic E-state index is 13.2. The lowest BCUT2D eigenvalue weighted by atomic mass is 10.1. The van der Waals surface area contributed by atoms with Crippen molar-refractivity contribution in [1.82, 2.24) is 14.8 Å². The predicted octanol–water partition coefficient (Wildman–Crippen LogP) is 4.22. The van der Waals surface area contributed by atoms with E-state index in [0.717, 1.165) is 19.3 Å². The summed E-state index contributed by atoms with van der Waals surface area (Å²) in [5.74, 6) is -0.190. The largest absolute Gasteiger partial charge is 0.487 e. The quantitative estimate of drug-likeness (QED) is 0.375. The van der Waals surface area contributed by atoms with Crippen LogP contribution in [0.4, 0.5) is 26.1 Å². The number of nitrogens with one attached hydrogen (secondary N) is 1. The molecule has 10 nitrogen and oxygen atoms in total. The average Bonchev–Trinajstić information content (AvgIpc) is 3.54. The highest BCUT2D eigenvalue weighted by atomic mass is 35.5. The number of aromatic nitrogens is 3. The van der Waals surface area contributed by atoms with Crippen molar-refractivity contribution in [1.29, 1.82) is 0 Å². The van der Waals surface area contributed by atoms with Crippen LogP contribution in [0.1, 0.15) is 42.3 Å². The standard InChI is InChI=1S/C25H27ClF2N6O4/c26-25(27,28)38-17-6-4-15(5-7-17)30-24(36)19-13-18(23(31-22(19)29)33-10-8-16(35)14-33)20-9-11-34(32-20)21-3-1-2-12-37-21/h4-7,9,11,13,16,21,35H,1-3,8,10,12,14H2,(H2,29,31)(H,30,36)/t16-,21?/m1/s1. The highest BCUT2D eigenvalue weighted by molar-refractivity contribution is 6.20. The van der Waals surface area contributed by atoms with Crippen LogP contribution >= 0.6 is 11.6 Å². The Kier molecular flexibility index (Phi) is 7.37. The van der Waals surface area contributed by atoms with Crippen LogP contribution in [0.15, 0.2) is 42.6 Å². The maximum absolute atomic E-state index is 13.2. The Morgan fingerprint density at radius 1 is 1.24 bits per heavy atom. The van der Waals surface area contributed by atoms with Gasteiger partial charge in [0.15, 0.2) is 0 Å². The molecule has 3 aromatic rings. The summed E-state index contributed by atoms with van der Waals surface area (Å²) in [5.41, 5.74) is 3.98. The van der Waals surface area contributed by atoms with Crippen molar-refractivity contribution in [3.63, 3.8) is 0 Å². The predicted molar refractivity (Wildman–Crippen MR) is 137 cm³/mol. The van der Waals surface area contributed by atoms with Crippen molar-refractivity contribution >= 4 is 34.8 Å². The molecule has 2 atom stereocenters. The number of aliphatic hydroxyl groups is 1. The van der Waals surface area contributed by atoms with Gasteiger partial charge in [-0.25, -0.2) is 9.67 Å². The van der Waals surface area contributed by atoms with Gasteiger partial charge in [0.25, 0.3) is 5.91 Å². The van der Waals surface area contributed by atoms with Crippen LogP contribution in [0, 0.1) is 0 Å². The molecule has 1 unspecified atom stereocenters. The van der Waals surface area contributed by atoms with E-state index in [1.807, 2.05) is 17.2 Å². The number of aliphatic hydroxyl groups excluding tert-OH is 1. The first-order chi connectivity index (χ1) is 18.2. The Hall–Kier alpha value is -3.48. The molecule has 1 aromatic carbocycles. The number of carbonyl (C=O) groups excluding carboxylic acids is 1. The summed E-state index contributed by atoms with van der Waals surface area (Å²) >= 11 is 4.79. The number of nitrogen functional groups attached to an aromatic ring is 1. The smallest absolute Gasteiger partial charge is 0.420 e. The number of carbonyl (C=O) groups is 1. The molecule has 2 aliphatic heterocycles. The first-order valence-corrected chi connectivity index (χ1v) is 12.6. The number of halogens is 3. The topological polar surface area (TPSA) is 128 Å². The molecule has 2 aromatic heterocycles. The second kappa shape index (κ2) is 10.7. The summed E-state index contributed by atoms with van der Waals surface area (Å²) in [7, 11) is 0. The number of hydrogen-bond acceptors (Lipinski definition) is 8. The Morgan fingerprint density at radius 2 is 2.03 bits per heavy atom. The lowest BCUT2D eigenvalue weighted by Crippen LogP contribution is -2.24. The van der Waals surface area contributed by atoms with Crippen LogP contribution in [-0.2, 0) is 4.74 Å². The summed E-state index contributed by atoms with van der Waals surface area (Å²) < 4.78 is 37.6. The fraction of sp³-hybridized carbons (Fsp3) is 0.400. The number of β-amino-alcohol motifs (C(OH)–C–C–N with tert-alkyl or cyclic N) is 1. The molecule has 202 valence electrons. The second-order valence-electron chi connectivity index (χ2n) is 9.21. The minimum atomic E-state index is -3.84. The van der Waals surface area contributed by atoms with Gasteiger partial charge in [0.05, 0.1) is 17.4 Å². The normalized spacial score (nSPS) is 19.9. The zero-order valence-corrected chi connectivity index (χ0v) is 21.1. The molecule has 0 radical (unpaired) electrons. The molecule has 4 heterocycles. The van der Waals surface area contributed by atoms with Gasteiger partial charge >= 0.3 is 5.57 Å². The van der Waals surface area contributed by atoms with Gasteiger partial charge in [-0.2, -0.15) is 5.10 Å². The summed E-state index contributed by atoms with van der Waals surface area (Å²) in [5, 5.41) is 17.5. The van der Waals surface area contributed by atoms with Gasteiger partial charge in [-0.15, -0.1) is 8.78 Å². The molecule has 38 heavy (non-hydrogen) atoms. The molecule has 2 saturated heterocycles. The van der Waals surface area contributed by atoms with Crippen molar-refractivity contribution in [3.8, 4) is 17.0 Å². The highest BCUT2D eigenvalue weighted by Crippen LogP contribution is 2.35. The van der Waals surface area contributed by atoms with Crippen LogP contribution in [-0.4, -0.2) is 57.1 Å². The maximum Gasteiger partial charge on any atom is 0.487 e. The van der Waals surface area contributed by atoms with Crippen molar-refractivity contribution in [2.24, 2.45) is 0 Å². The SMILES string of the molecule is Nc1nc(N2CC[C@@H](O)C2)c(-c2ccn(C3CCCCO3)n2)cc1C(=O)Nc1ccc(OC(F)(F)Cl)cc1. The van der Waals surface area contributed by atoms with E-state index in [1.165, 1.54) is 24.3 Å². The molecule has 0 aliphatic carbocycles. The van der Waals surface area contributed by atoms with Crippen molar-refractivity contribution < 1.29 is 28.2 Å². The van der Waals surface area contributed by atoms with E-state index in [-0.39, 0.29) is 23.4 Å². The monoisotopic (exact) mass is 548 g/mol. The number of anilines is 3. The van der Waals surface area contributed by atoms with Gasteiger partial charge in [0.1, 0.15) is 23.6 Å². The second-order valence-corrected chi connectivity index (χ2v) is 9.65. The summed E-state index contributed by atoms with van der Waals surface area (Å²) in [6, 6.07) is 8.74. The third-order valence-corrected chi connectivity index (χ3v) is 6.50. The number of nitrogens with two attached hydrogens (primary N) is 1. The molecule has 2 aliphatic rings. The van der Waals surface area contributed by atoms with Crippen LogP contribution < -0.4 is 20.7 Å². The zero-order chi connectivity index (χ0) is 26.9. The number of benzene rings is 1. The molecule has 2 fully saturated rings. The minimum absolute atomic E-state index is 0.000535. The summed E-state index contributed by atoms with van der Waals surface area (Å²) in [6.45, 7) is 1.63. The van der Waals surface area contributed by atoms with Crippen LogP contribution in [0.2, 0.25) is 0 Å². The van der Waals surface area contributed by atoms with Gasteiger partial charge in [0.2, 0.25) is 0 Å². The number of rotatable bonds is 7. The van der Waals surface area contributed by atoms with Crippen LogP contribution in [0.3, 0.4) is 0 Å². The lowest BCUT2D eigenvalue weighted by Gasteiger charge is -2.23. The molecule has 13 heteroatoms. The van der Waals surface area contributed by atoms with E-state index in [1.54, 1.807) is 10.7 Å². The Bertz CT molecular complexity index is 1290. The first kappa shape index (κ1) is 26.1. The Labute approximate surface area is 222 Å². The van der Waals surface area contributed by atoms with E-state index >= 15 is 0 Å². The number of ether oxygens (including phenoxy) is 2.